The van der Waals surface area contributed by atoms with Crippen LogP contribution >= 0.6 is 27.5 Å². The topological polar surface area (TPSA) is 26.0 Å². The van der Waals surface area contributed by atoms with Gasteiger partial charge in [0, 0.05) is 15.1 Å². The molecule has 5 heteroatoms. The van der Waals surface area contributed by atoms with Crippen molar-refractivity contribution in [2.45, 2.75) is 6.04 Å². The summed E-state index contributed by atoms with van der Waals surface area (Å²) in [6.45, 7) is 0. The normalized spacial score (nSPS) is 12.5. The first-order valence-electron chi connectivity index (χ1n) is 5.15. The zero-order valence-corrected chi connectivity index (χ0v) is 11.5. The van der Waals surface area contributed by atoms with Crippen LogP contribution in [0.4, 0.5) is 8.78 Å². The Kier molecular flexibility index (Phi) is 4.00. The molecule has 1 atom stereocenters. The summed E-state index contributed by atoms with van der Waals surface area (Å²) in [7, 11) is 0. The van der Waals surface area contributed by atoms with Crippen LogP contribution in [0.1, 0.15) is 17.2 Å². The van der Waals surface area contributed by atoms with Gasteiger partial charge < -0.3 is 5.73 Å². The van der Waals surface area contributed by atoms with Crippen molar-refractivity contribution in [3.8, 4) is 0 Å². The van der Waals surface area contributed by atoms with E-state index in [1.165, 1.54) is 18.2 Å². The van der Waals surface area contributed by atoms with E-state index in [9.17, 15) is 8.78 Å². The molecule has 18 heavy (non-hydrogen) atoms. The van der Waals surface area contributed by atoms with Crippen LogP contribution in [-0.4, -0.2) is 0 Å². The number of hydrogen-bond donors (Lipinski definition) is 1. The second kappa shape index (κ2) is 5.34. The molecule has 0 aliphatic heterocycles. The molecule has 0 bridgehead atoms. The van der Waals surface area contributed by atoms with E-state index in [-0.39, 0.29) is 5.56 Å². The summed E-state index contributed by atoms with van der Waals surface area (Å²) in [6.07, 6.45) is 0. The maximum Gasteiger partial charge on any atom is 0.131 e. The van der Waals surface area contributed by atoms with Gasteiger partial charge in [0.15, 0.2) is 0 Å². The highest BCUT2D eigenvalue weighted by Gasteiger charge is 2.20. The second-order valence-corrected chi connectivity index (χ2v) is 5.10. The Morgan fingerprint density at radius 3 is 2.28 bits per heavy atom. The first-order chi connectivity index (χ1) is 8.50. The summed E-state index contributed by atoms with van der Waals surface area (Å²) in [5.41, 5.74) is 6.19. The fourth-order valence-electron chi connectivity index (χ4n) is 1.72. The summed E-state index contributed by atoms with van der Waals surface area (Å²) in [6, 6.07) is 7.70. The van der Waals surface area contributed by atoms with E-state index in [2.05, 4.69) is 15.9 Å². The van der Waals surface area contributed by atoms with E-state index in [1.54, 1.807) is 18.2 Å². The van der Waals surface area contributed by atoms with Gasteiger partial charge in [0.05, 0.1) is 6.04 Å². The van der Waals surface area contributed by atoms with E-state index in [0.29, 0.717) is 10.6 Å². The lowest BCUT2D eigenvalue weighted by molar-refractivity contribution is 0.543. The van der Waals surface area contributed by atoms with Gasteiger partial charge in [0.1, 0.15) is 11.6 Å². The third-order valence-electron chi connectivity index (χ3n) is 2.61. The predicted octanol–water partition coefficient (Wildman–Crippen LogP) is 4.43. The molecule has 1 unspecified atom stereocenters. The number of rotatable bonds is 2. The van der Waals surface area contributed by atoms with Crippen LogP contribution in [0.5, 0.6) is 0 Å². The van der Waals surface area contributed by atoms with Crippen molar-refractivity contribution >= 4 is 27.5 Å². The van der Waals surface area contributed by atoms with Crippen LogP contribution in [0, 0.1) is 11.6 Å². The predicted molar refractivity (Wildman–Crippen MR) is 71.5 cm³/mol. The van der Waals surface area contributed by atoms with Gasteiger partial charge in [-0.25, -0.2) is 8.78 Å². The van der Waals surface area contributed by atoms with E-state index in [1.807, 2.05) is 0 Å². The molecule has 2 N–H and O–H groups in total. The molecule has 0 aliphatic rings. The highest BCUT2D eigenvalue weighted by molar-refractivity contribution is 9.10. The molecule has 1 nitrogen and oxygen atoms in total. The van der Waals surface area contributed by atoms with Crippen molar-refractivity contribution in [3.05, 3.63) is 68.7 Å². The monoisotopic (exact) mass is 331 g/mol. The fraction of sp³-hybridized carbons (Fsp3) is 0.0769. The minimum absolute atomic E-state index is 0.179. The van der Waals surface area contributed by atoms with Gasteiger partial charge >= 0.3 is 0 Å². The van der Waals surface area contributed by atoms with Gasteiger partial charge in [0.25, 0.3) is 0 Å². The first kappa shape index (κ1) is 13.5. The summed E-state index contributed by atoms with van der Waals surface area (Å²) in [4.78, 5) is 0. The molecule has 0 spiro atoms. The van der Waals surface area contributed by atoms with Gasteiger partial charge in [-0.2, -0.15) is 0 Å². The van der Waals surface area contributed by atoms with Gasteiger partial charge in [-0.3, -0.25) is 0 Å². The molecule has 94 valence electrons. The van der Waals surface area contributed by atoms with Crippen molar-refractivity contribution in [1.29, 1.82) is 0 Å². The number of benzene rings is 2. The minimum Gasteiger partial charge on any atom is -0.320 e. The molecule has 2 aromatic rings. The molecule has 0 saturated carbocycles. The van der Waals surface area contributed by atoms with E-state index in [0.717, 1.165) is 4.47 Å². The summed E-state index contributed by atoms with van der Waals surface area (Å²) >= 11 is 9.28. The Balaban J connectivity index is 2.51. The zero-order chi connectivity index (χ0) is 13.3. The Labute approximate surface area is 117 Å². The largest absolute Gasteiger partial charge is 0.320 e. The van der Waals surface area contributed by atoms with E-state index >= 15 is 0 Å². The van der Waals surface area contributed by atoms with Crippen LogP contribution in [0.2, 0.25) is 5.02 Å². The molecule has 2 rings (SSSR count). The van der Waals surface area contributed by atoms with Gasteiger partial charge in [-0.15, -0.1) is 0 Å². The molecule has 0 aliphatic carbocycles. The van der Waals surface area contributed by atoms with Crippen molar-refractivity contribution in [3.63, 3.8) is 0 Å². The standard InChI is InChI=1S/C13H9BrClF2N/c14-7-4-5-8(9(15)6-7)13(18)12-10(16)2-1-3-11(12)17/h1-6,13H,18H2. The Morgan fingerprint density at radius 1 is 1.11 bits per heavy atom. The minimum atomic E-state index is -0.938. The molecule has 0 fully saturated rings. The van der Waals surface area contributed by atoms with E-state index < -0.39 is 17.7 Å². The fourth-order valence-corrected chi connectivity index (χ4v) is 2.51. The zero-order valence-electron chi connectivity index (χ0n) is 9.13. The molecule has 2 aromatic carbocycles. The first-order valence-corrected chi connectivity index (χ1v) is 6.32. The smallest absolute Gasteiger partial charge is 0.131 e. The van der Waals surface area contributed by atoms with Crippen molar-refractivity contribution in [2.24, 2.45) is 5.73 Å². The SMILES string of the molecule is NC(c1ccc(Br)cc1Cl)c1c(F)cccc1F. The summed E-state index contributed by atoms with van der Waals surface area (Å²) < 4.78 is 28.0. The second-order valence-electron chi connectivity index (χ2n) is 3.78. The third-order valence-corrected chi connectivity index (χ3v) is 3.43. The lowest BCUT2D eigenvalue weighted by Gasteiger charge is -2.16. The summed E-state index contributed by atoms with van der Waals surface area (Å²) in [5, 5.41) is 0.361. The van der Waals surface area contributed by atoms with Crippen LogP contribution in [0.25, 0.3) is 0 Å². The van der Waals surface area contributed by atoms with Crippen LogP contribution in [0.15, 0.2) is 40.9 Å². The van der Waals surface area contributed by atoms with Crippen LogP contribution in [0.3, 0.4) is 0 Å². The number of halogens is 4. The molecular formula is C13H9BrClF2N. The van der Waals surface area contributed by atoms with Crippen molar-refractivity contribution < 1.29 is 8.78 Å². The quantitative estimate of drug-likeness (QED) is 0.865. The molecule has 0 heterocycles. The summed E-state index contributed by atoms with van der Waals surface area (Å²) in [5.74, 6) is -1.36. The van der Waals surface area contributed by atoms with Crippen LogP contribution < -0.4 is 5.73 Å². The molecule has 0 amide bonds. The molecule has 0 radical (unpaired) electrons. The van der Waals surface area contributed by atoms with Gasteiger partial charge in [-0.1, -0.05) is 39.7 Å². The number of hydrogen-bond acceptors (Lipinski definition) is 1. The highest BCUT2D eigenvalue weighted by Crippen LogP contribution is 2.31. The average molecular weight is 333 g/mol. The Bertz CT molecular complexity index is 569. The van der Waals surface area contributed by atoms with Crippen molar-refractivity contribution in [1.82, 2.24) is 0 Å². The van der Waals surface area contributed by atoms with Crippen molar-refractivity contribution in [2.75, 3.05) is 0 Å². The lowest BCUT2D eigenvalue weighted by atomic mass is 9.98. The highest BCUT2D eigenvalue weighted by atomic mass is 79.9. The van der Waals surface area contributed by atoms with Crippen LogP contribution in [-0.2, 0) is 0 Å². The van der Waals surface area contributed by atoms with Gasteiger partial charge in [0.2, 0.25) is 0 Å². The Hall–Kier alpha value is -0.970. The van der Waals surface area contributed by atoms with E-state index in [4.69, 9.17) is 17.3 Å². The third kappa shape index (κ3) is 2.55. The van der Waals surface area contributed by atoms with Gasteiger partial charge in [-0.05, 0) is 29.8 Å². The molecule has 0 aromatic heterocycles. The maximum absolute atomic E-state index is 13.6. The lowest BCUT2D eigenvalue weighted by Crippen LogP contribution is -2.16. The maximum atomic E-state index is 13.6. The average Bonchev–Trinajstić information content (AvgIpc) is 2.28. The molecular weight excluding hydrogens is 324 g/mol. The molecule has 0 saturated heterocycles. The Morgan fingerprint density at radius 2 is 1.72 bits per heavy atom. The number of nitrogens with two attached hydrogens (primary N) is 1.